The molecule has 0 aliphatic carbocycles. The van der Waals surface area contributed by atoms with E-state index in [0.29, 0.717) is 37.6 Å². The van der Waals surface area contributed by atoms with Gasteiger partial charge in [0.15, 0.2) is 12.4 Å². The van der Waals surface area contributed by atoms with E-state index in [4.69, 9.17) is 4.74 Å². The van der Waals surface area contributed by atoms with Gasteiger partial charge >= 0.3 is 0 Å². The van der Waals surface area contributed by atoms with E-state index < -0.39 is 0 Å². The summed E-state index contributed by atoms with van der Waals surface area (Å²) >= 11 is 0. The highest BCUT2D eigenvalue weighted by atomic mass is 19.1. The number of hydrogen-bond acceptors (Lipinski definition) is 4. The first-order chi connectivity index (χ1) is 13.1. The number of para-hydroxylation sites is 1. The third kappa shape index (κ3) is 3.72. The minimum Gasteiger partial charge on any atom is -0.479 e. The quantitative estimate of drug-likeness (QED) is 0.900. The number of benzene rings is 2. The standard InChI is InChI=1S/C20H20FN3O3/c21-15-6-4-14(5-7-15)12-19(26)24-10-8-23(9-11-24)17-3-1-2-16-20(17)27-13-18(25)22-16/h1-7H,8-13H2,(H,22,25). The summed E-state index contributed by atoms with van der Waals surface area (Å²) in [5.74, 6) is 0.267. The molecule has 0 atom stereocenters. The van der Waals surface area contributed by atoms with Gasteiger partial charge in [0.2, 0.25) is 5.91 Å². The Labute approximate surface area is 156 Å². The van der Waals surface area contributed by atoms with Crippen LogP contribution in [0.15, 0.2) is 42.5 Å². The van der Waals surface area contributed by atoms with Crippen LogP contribution in [-0.4, -0.2) is 49.5 Å². The Morgan fingerprint density at radius 1 is 1.07 bits per heavy atom. The van der Waals surface area contributed by atoms with Crippen molar-refractivity contribution in [2.24, 2.45) is 0 Å². The third-order valence-corrected chi connectivity index (χ3v) is 4.86. The Balaban J connectivity index is 1.39. The van der Waals surface area contributed by atoms with E-state index >= 15 is 0 Å². The number of rotatable bonds is 3. The molecule has 2 heterocycles. The zero-order chi connectivity index (χ0) is 18.8. The van der Waals surface area contributed by atoms with Gasteiger partial charge in [-0.25, -0.2) is 4.39 Å². The average Bonchev–Trinajstić information content (AvgIpc) is 2.69. The lowest BCUT2D eigenvalue weighted by Crippen LogP contribution is -2.49. The predicted molar refractivity (Wildman–Crippen MR) is 99.5 cm³/mol. The molecule has 27 heavy (non-hydrogen) atoms. The second-order valence-electron chi connectivity index (χ2n) is 6.66. The molecule has 2 aliphatic rings. The Bertz CT molecular complexity index is 861. The van der Waals surface area contributed by atoms with Crippen LogP contribution in [0, 0.1) is 5.82 Å². The summed E-state index contributed by atoms with van der Waals surface area (Å²) in [6.45, 7) is 2.60. The molecular formula is C20H20FN3O3. The molecule has 2 aliphatic heterocycles. The van der Waals surface area contributed by atoms with Gasteiger partial charge in [-0.1, -0.05) is 18.2 Å². The summed E-state index contributed by atoms with van der Waals surface area (Å²) < 4.78 is 18.6. The second-order valence-corrected chi connectivity index (χ2v) is 6.66. The van der Waals surface area contributed by atoms with Gasteiger partial charge in [0.1, 0.15) is 5.82 Å². The molecule has 2 aromatic carbocycles. The van der Waals surface area contributed by atoms with E-state index in [2.05, 4.69) is 10.2 Å². The third-order valence-electron chi connectivity index (χ3n) is 4.86. The van der Waals surface area contributed by atoms with Crippen molar-refractivity contribution in [3.8, 4) is 5.75 Å². The molecule has 2 amide bonds. The van der Waals surface area contributed by atoms with Crippen LogP contribution in [0.1, 0.15) is 5.56 Å². The number of amides is 2. The largest absolute Gasteiger partial charge is 0.479 e. The van der Waals surface area contributed by atoms with Crippen molar-refractivity contribution in [3.05, 3.63) is 53.8 Å². The molecule has 0 radical (unpaired) electrons. The number of hydrogen-bond donors (Lipinski definition) is 1. The molecule has 0 unspecified atom stereocenters. The van der Waals surface area contributed by atoms with Gasteiger partial charge in [-0.3, -0.25) is 9.59 Å². The predicted octanol–water partition coefficient (Wildman–Crippen LogP) is 2.05. The lowest BCUT2D eigenvalue weighted by Gasteiger charge is -2.37. The van der Waals surface area contributed by atoms with Crippen LogP contribution in [0.3, 0.4) is 0 Å². The number of halogens is 1. The minimum atomic E-state index is -0.301. The highest BCUT2D eigenvalue weighted by Crippen LogP contribution is 2.38. The number of nitrogens with zero attached hydrogens (tertiary/aromatic N) is 2. The van der Waals surface area contributed by atoms with Crippen molar-refractivity contribution in [3.63, 3.8) is 0 Å². The number of anilines is 2. The number of nitrogens with one attached hydrogen (secondary N) is 1. The van der Waals surface area contributed by atoms with Crippen molar-refractivity contribution in [1.29, 1.82) is 0 Å². The van der Waals surface area contributed by atoms with Crippen LogP contribution in [-0.2, 0) is 16.0 Å². The summed E-state index contributed by atoms with van der Waals surface area (Å²) in [7, 11) is 0. The molecule has 7 heteroatoms. The first kappa shape index (κ1) is 17.3. The summed E-state index contributed by atoms with van der Waals surface area (Å²) in [6.07, 6.45) is 0.274. The minimum absolute atomic E-state index is 0.0140. The maximum absolute atomic E-state index is 13.0. The number of piperazine rings is 1. The highest BCUT2D eigenvalue weighted by molar-refractivity contribution is 5.97. The lowest BCUT2D eigenvalue weighted by molar-refractivity contribution is -0.130. The van der Waals surface area contributed by atoms with E-state index in [9.17, 15) is 14.0 Å². The number of carbonyl (C=O) groups is 2. The van der Waals surface area contributed by atoms with E-state index in [1.807, 2.05) is 23.1 Å². The highest BCUT2D eigenvalue weighted by Gasteiger charge is 2.26. The van der Waals surface area contributed by atoms with Crippen LogP contribution in [0.4, 0.5) is 15.8 Å². The number of fused-ring (bicyclic) bond motifs is 1. The molecule has 0 bridgehead atoms. The van der Waals surface area contributed by atoms with Crippen molar-refractivity contribution in [2.75, 3.05) is 43.0 Å². The van der Waals surface area contributed by atoms with Gasteiger partial charge in [-0.05, 0) is 29.8 Å². The first-order valence-corrected chi connectivity index (χ1v) is 8.93. The summed E-state index contributed by atoms with van der Waals surface area (Å²) in [6, 6.07) is 11.7. The van der Waals surface area contributed by atoms with E-state index in [1.54, 1.807) is 12.1 Å². The Hall–Kier alpha value is -3.09. The second kappa shape index (κ2) is 7.26. The zero-order valence-corrected chi connectivity index (χ0v) is 14.8. The molecule has 0 spiro atoms. The van der Waals surface area contributed by atoms with Gasteiger partial charge in [0.25, 0.3) is 5.91 Å². The van der Waals surface area contributed by atoms with Crippen molar-refractivity contribution in [2.45, 2.75) is 6.42 Å². The summed E-state index contributed by atoms with van der Waals surface area (Å²) in [5.41, 5.74) is 2.42. The van der Waals surface area contributed by atoms with Crippen LogP contribution < -0.4 is 15.0 Å². The van der Waals surface area contributed by atoms with E-state index in [0.717, 1.165) is 11.3 Å². The van der Waals surface area contributed by atoms with Gasteiger partial charge in [-0.15, -0.1) is 0 Å². The summed E-state index contributed by atoms with van der Waals surface area (Å²) in [5, 5.41) is 2.82. The van der Waals surface area contributed by atoms with Gasteiger partial charge in [0.05, 0.1) is 17.8 Å². The van der Waals surface area contributed by atoms with Crippen molar-refractivity contribution in [1.82, 2.24) is 4.90 Å². The normalized spacial score (nSPS) is 16.4. The van der Waals surface area contributed by atoms with Crippen LogP contribution in [0.2, 0.25) is 0 Å². The fraction of sp³-hybridized carbons (Fsp3) is 0.300. The average molecular weight is 369 g/mol. The molecule has 6 nitrogen and oxygen atoms in total. The van der Waals surface area contributed by atoms with Crippen molar-refractivity contribution >= 4 is 23.2 Å². The van der Waals surface area contributed by atoms with Crippen molar-refractivity contribution < 1.29 is 18.7 Å². The van der Waals surface area contributed by atoms with Gasteiger partial charge < -0.3 is 19.9 Å². The molecule has 1 N–H and O–H groups in total. The molecule has 140 valence electrons. The topological polar surface area (TPSA) is 61.9 Å². The Morgan fingerprint density at radius 3 is 2.56 bits per heavy atom. The molecule has 2 aromatic rings. The summed E-state index contributed by atoms with van der Waals surface area (Å²) in [4.78, 5) is 28.0. The van der Waals surface area contributed by atoms with Gasteiger partial charge in [-0.2, -0.15) is 0 Å². The molecule has 0 aromatic heterocycles. The molecule has 4 rings (SSSR count). The zero-order valence-electron chi connectivity index (χ0n) is 14.8. The van der Waals surface area contributed by atoms with Crippen LogP contribution in [0.25, 0.3) is 0 Å². The molecular weight excluding hydrogens is 349 g/mol. The van der Waals surface area contributed by atoms with Gasteiger partial charge in [0, 0.05) is 26.2 Å². The smallest absolute Gasteiger partial charge is 0.262 e. The number of ether oxygens (including phenoxy) is 1. The fourth-order valence-corrected chi connectivity index (χ4v) is 3.43. The first-order valence-electron chi connectivity index (χ1n) is 8.93. The maximum atomic E-state index is 13.0. The molecule has 0 saturated carbocycles. The number of carbonyl (C=O) groups excluding carboxylic acids is 2. The lowest BCUT2D eigenvalue weighted by atomic mass is 10.1. The SMILES string of the molecule is O=C1COc2c(cccc2N2CCN(C(=O)Cc3ccc(F)cc3)CC2)N1. The Morgan fingerprint density at radius 2 is 1.81 bits per heavy atom. The molecule has 1 saturated heterocycles. The van der Waals surface area contributed by atoms with E-state index in [-0.39, 0.29) is 30.7 Å². The fourth-order valence-electron chi connectivity index (χ4n) is 3.43. The Kier molecular flexibility index (Phi) is 4.66. The van der Waals surface area contributed by atoms with Crippen LogP contribution >= 0.6 is 0 Å². The van der Waals surface area contributed by atoms with E-state index in [1.165, 1.54) is 12.1 Å². The molecule has 1 fully saturated rings. The van der Waals surface area contributed by atoms with Crippen LogP contribution in [0.5, 0.6) is 5.75 Å². The monoisotopic (exact) mass is 369 g/mol. The maximum Gasteiger partial charge on any atom is 0.262 e.